The molecule has 0 radical (unpaired) electrons. The SMILES string of the molecule is CCC(CC(=O)N[C@H](Cc1cnc[nH]1)C(=O)O)NC(=O)OCC1c2ccccc2-c2ccccc21. The third kappa shape index (κ3) is 5.68. The van der Waals surface area contributed by atoms with Crippen LogP contribution in [0.3, 0.4) is 0 Å². The van der Waals surface area contributed by atoms with E-state index >= 15 is 0 Å². The number of imidazole rings is 1. The normalized spacial score (nSPS) is 13.9. The van der Waals surface area contributed by atoms with Gasteiger partial charge in [-0.1, -0.05) is 55.5 Å². The fraction of sp³-hybridized carbons (Fsp3) is 0.308. The number of carboxylic acid groups (broad SMARTS) is 1. The van der Waals surface area contributed by atoms with Gasteiger partial charge in [-0.15, -0.1) is 0 Å². The number of aliphatic carboxylic acids is 1. The van der Waals surface area contributed by atoms with Crippen molar-refractivity contribution in [1.82, 2.24) is 20.6 Å². The molecule has 0 saturated carbocycles. The number of hydrogen-bond acceptors (Lipinski definition) is 5. The van der Waals surface area contributed by atoms with Crippen LogP contribution < -0.4 is 10.6 Å². The molecule has 182 valence electrons. The van der Waals surface area contributed by atoms with E-state index < -0.39 is 30.1 Å². The molecule has 4 N–H and O–H groups in total. The lowest BCUT2D eigenvalue weighted by molar-refractivity contribution is -0.141. The number of H-pyrrole nitrogens is 1. The highest BCUT2D eigenvalue weighted by molar-refractivity contribution is 5.84. The third-order valence-electron chi connectivity index (χ3n) is 6.20. The van der Waals surface area contributed by atoms with Crippen LogP contribution in [0.4, 0.5) is 4.79 Å². The molecule has 1 heterocycles. The van der Waals surface area contributed by atoms with Gasteiger partial charge in [-0.2, -0.15) is 0 Å². The number of alkyl carbamates (subject to hydrolysis) is 1. The zero-order valence-corrected chi connectivity index (χ0v) is 19.4. The molecule has 2 atom stereocenters. The van der Waals surface area contributed by atoms with Crippen molar-refractivity contribution in [3.05, 3.63) is 77.9 Å². The first kappa shape index (κ1) is 24.0. The molecule has 2 amide bonds. The van der Waals surface area contributed by atoms with Gasteiger partial charge >= 0.3 is 12.1 Å². The van der Waals surface area contributed by atoms with Crippen molar-refractivity contribution >= 4 is 18.0 Å². The number of carbonyl (C=O) groups is 3. The monoisotopic (exact) mass is 476 g/mol. The molecule has 0 bridgehead atoms. The zero-order valence-electron chi connectivity index (χ0n) is 19.4. The average Bonchev–Trinajstić information content (AvgIpc) is 3.48. The van der Waals surface area contributed by atoms with Gasteiger partial charge in [0.1, 0.15) is 12.6 Å². The predicted molar refractivity (Wildman–Crippen MR) is 129 cm³/mol. The van der Waals surface area contributed by atoms with Gasteiger partial charge in [-0.25, -0.2) is 14.6 Å². The molecular weight excluding hydrogens is 448 g/mol. The number of ether oxygens (including phenoxy) is 1. The van der Waals surface area contributed by atoms with E-state index in [-0.39, 0.29) is 25.4 Å². The standard InChI is InChI=1S/C26H28N4O5/c1-2-16(12-24(31)30-23(25(32)33)11-17-13-27-15-28-17)29-26(34)35-14-22-20-9-5-3-7-18(20)19-8-4-6-10-21(19)22/h3-10,13,15-16,22-23H,2,11-12,14H2,1H3,(H,27,28)(H,29,34)(H,30,31)(H,32,33)/t16?,23-/m1/s1. The molecule has 35 heavy (non-hydrogen) atoms. The summed E-state index contributed by atoms with van der Waals surface area (Å²) in [4.78, 5) is 43.3. The van der Waals surface area contributed by atoms with Crippen molar-refractivity contribution in [1.29, 1.82) is 0 Å². The molecule has 0 fully saturated rings. The molecular formula is C26H28N4O5. The Morgan fingerprint density at radius 3 is 2.29 bits per heavy atom. The summed E-state index contributed by atoms with van der Waals surface area (Å²) in [5.74, 6) is -1.68. The van der Waals surface area contributed by atoms with Crippen LogP contribution in [0, 0.1) is 0 Å². The molecule has 0 saturated heterocycles. The van der Waals surface area contributed by atoms with Crippen molar-refractivity contribution in [3.63, 3.8) is 0 Å². The van der Waals surface area contributed by atoms with Crippen molar-refractivity contribution in [2.24, 2.45) is 0 Å². The number of rotatable bonds is 10. The first-order valence-electron chi connectivity index (χ1n) is 11.6. The molecule has 9 heteroatoms. The summed E-state index contributed by atoms with van der Waals surface area (Å²) in [5.41, 5.74) is 5.11. The van der Waals surface area contributed by atoms with Crippen LogP contribution in [0.2, 0.25) is 0 Å². The van der Waals surface area contributed by atoms with Crippen LogP contribution in [-0.4, -0.2) is 51.7 Å². The van der Waals surface area contributed by atoms with E-state index in [1.54, 1.807) is 0 Å². The second-order valence-corrected chi connectivity index (χ2v) is 8.52. The van der Waals surface area contributed by atoms with E-state index in [9.17, 15) is 19.5 Å². The molecule has 1 aliphatic carbocycles. The van der Waals surface area contributed by atoms with Gasteiger partial charge in [0, 0.05) is 36.7 Å². The number of aromatic nitrogens is 2. The Kier molecular flexibility index (Phi) is 7.45. The van der Waals surface area contributed by atoms with Gasteiger partial charge in [-0.3, -0.25) is 4.79 Å². The number of carbonyl (C=O) groups excluding carboxylic acids is 2. The number of aromatic amines is 1. The van der Waals surface area contributed by atoms with Crippen molar-refractivity contribution in [2.45, 2.75) is 44.2 Å². The van der Waals surface area contributed by atoms with Crippen LogP contribution in [0.15, 0.2) is 61.1 Å². The summed E-state index contributed by atoms with van der Waals surface area (Å²) >= 11 is 0. The van der Waals surface area contributed by atoms with Crippen LogP contribution in [0.1, 0.15) is 42.5 Å². The molecule has 0 spiro atoms. The van der Waals surface area contributed by atoms with Gasteiger partial charge in [0.05, 0.1) is 6.33 Å². The number of nitrogens with zero attached hydrogens (tertiary/aromatic N) is 1. The number of carboxylic acids is 1. The Morgan fingerprint density at radius 2 is 1.71 bits per heavy atom. The Morgan fingerprint density at radius 1 is 1.06 bits per heavy atom. The lowest BCUT2D eigenvalue weighted by Crippen LogP contribution is -2.45. The zero-order chi connectivity index (χ0) is 24.8. The Balaban J connectivity index is 1.31. The number of nitrogens with one attached hydrogen (secondary N) is 3. The van der Waals surface area contributed by atoms with Crippen molar-refractivity contribution in [3.8, 4) is 11.1 Å². The summed E-state index contributed by atoms with van der Waals surface area (Å²) in [7, 11) is 0. The van der Waals surface area contributed by atoms with Crippen molar-refractivity contribution in [2.75, 3.05) is 6.61 Å². The lowest BCUT2D eigenvalue weighted by atomic mass is 9.98. The summed E-state index contributed by atoms with van der Waals surface area (Å²) in [6.07, 6.45) is 2.84. The molecule has 3 aromatic rings. The van der Waals surface area contributed by atoms with Crippen molar-refractivity contribution < 1.29 is 24.2 Å². The average molecular weight is 477 g/mol. The number of hydrogen-bond donors (Lipinski definition) is 4. The maximum Gasteiger partial charge on any atom is 0.407 e. The molecule has 1 aliphatic rings. The van der Waals surface area contributed by atoms with Crippen LogP contribution in [0.5, 0.6) is 0 Å². The quantitative estimate of drug-likeness (QED) is 0.355. The van der Waals surface area contributed by atoms with E-state index in [0.717, 1.165) is 22.3 Å². The van der Waals surface area contributed by atoms with Gasteiger partial charge in [0.2, 0.25) is 5.91 Å². The highest BCUT2D eigenvalue weighted by atomic mass is 16.5. The molecule has 9 nitrogen and oxygen atoms in total. The van der Waals surface area contributed by atoms with E-state index in [1.807, 2.05) is 43.3 Å². The van der Waals surface area contributed by atoms with Crippen LogP contribution in [0.25, 0.3) is 11.1 Å². The summed E-state index contributed by atoms with van der Waals surface area (Å²) in [6, 6.07) is 14.6. The van der Waals surface area contributed by atoms with Crippen LogP contribution in [-0.2, 0) is 20.7 Å². The topological polar surface area (TPSA) is 133 Å². The minimum atomic E-state index is -1.15. The summed E-state index contributed by atoms with van der Waals surface area (Å²) in [6.45, 7) is 2.01. The van der Waals surface area contributed by atoms with E-state index in [4.69, 9.17) is 4.74 Å². The molecule has 1 aromatic heterocycles. The van der Waals surface area contributed by atoms with Gasteiger partial charge in [0.15, 0.2) is 0 Å². The Bertz CT molecular complexity index is 1150. The minimum Gasteiger partial charge on any atom is -0.480 e. The molecule has 0 aliphatic heterocycles. The van der Waals surface area contributed by atoms with E-state index in [2.05, 4.69) is 32.7 Å². The highest BCUT2D eigenvalue weighted by Gasteiger charge is 2.29. The predicted octanol–water partition coefficient (Wildman–Crippen LogP) is 3.23. The molecule has 1 unspecified atom stereocenters. The second kappa shape index (κ2) is 10.9. The van der Waals surface area contributed by atoms with Gasteiger partial charge in [0.25, 0.3) is 0 Å². The van der Waals surface area contributed by atoms with Gasteiger partial charge < -0.3 is 25.5 Å². The fourth-order valence-corrected chi connectivity index (χ4v) is 4.40. The second-order valence-electron chi connectivity index (χ2n) is 8.52. The Hall–Kier alpha value is -4.14. The van der Waals surface area contributed by atoms with Crippen LogP contribution >= 0.6 is 0 Å². The third-order valence-corrected chi connectivity index (χ3v) is 6.20. The smallest absolute Gasteiger partial charge is 0.407 e. The van der Waals surface area contributed by atoms with Gasteiger partial charge in [-0.05, 0) is 28.7 Å². The Labute approximate surface area is 202 Å². The number of fused-ring (bicyclic) bond motifs is 3. The lowest BCUT2D eigenvalue weighted by Gasteiger charge is -2.20. The fourth-order valence-electron chi connectivity index (χ4n) is 4.40. The first-order chi connectivity index (χ1) is 17.0. The number of benzene rings is 2. The van der Waals surface area contributed by atoms with E-state index in [1.165, 1.54) is 12.5 Å². The highest BCUT2D eigenvalue weighted by Crippen LogP contribution is 2.44. The summed E-state index contributed by atoms with van der Waals surface area (Å²) < 4.78 is 5.56. The largest absolute Gasteiger partial charge is 0.480 e. The molecule has 2 aromatic carbocycles. The summed E-state index contributed by atoms with van der Waals surface area (Å²) in [5, 5.41) is 14.7. The first-order valence-corrected chi connectivity index (χ1v) is 11.6. The number of amides is 2. The maximum atomic E-state index is 12.5. The van der Waals surface area contributed by atoms with E-state index in [0.29, 0.717) is 12.1 Å². The molecule has 4 rings (SSSR count). The minimum absolute atomic E-state index is 0.0599. The maximum absolute atomic E-state index is 12.5.